The number of imidazole rings is 1. The molecule has 1 aliphatic heterocycles. The molecular formula is C30H36BrClN6O3. The molecule has 9 nitrogen and oxygen atoms in total. The Bertz CT molecular complexity index is 1380. The van der Waals surface area contributed by atoms with E-state index in [1.165, 1.54) is 5.56 Å². The van der Waals surface area contributed by atoms with Crippen LogP contribution in [0.5, 0.6) is 0 Å². The molecule has 1 unspecified atom stereocenters. The summed E-state index contributed by atoms with van der Waals surface area (Å²) in [7, 11) is 1.93. The molecule has 41 heavy (non-hydrogen) atoms. The SMILES string of the molecule is Cn1cncc1CCNC(=O)[C@H]1CN(C2c3ccc(Cl)cc3CCc3cc(Br)cnc32)CCN1C(=O)OC(C)(C)C. The lowest BCUT2D eigenvalue weighted by Gasteiger charge is -2.44. The first-order valence-corrected chi connectivity index (χ1v) is 15.1. The van der Waals surface area contributed by atoms with Gasteiger partial charge < -0.3 is 14.6 Å². The third kappa shape index (κ3) is 6.76. The van der Waals surface area contributed by atoms with Crippen molar-refractivity contribution < 1.29 is 14.3 Å². The minimum atomic E-state index is -0.733. The fourth-order valence-electron chi connectivity index (χ4n) is 5.64. The highest BCUT2D eigenvalue weighted by atomic mass is 79.9. The van der Waals surface area contributed by atoms with Crippen LogP contribution in [0.2, 0.25) is 5.02 Å². The smallest absolute Gasteiger partial charge is 0.411 e. The van der Waals surface area contributed by atoms with E-state index in [9.17, 15) is 9.59 Å². The van der Waals surface area contributed by atoms with Gasteiger partial charge in [-0.3, -0.25) is 19.6 Å². The van der Waals surface area contributed by atoms with Gasteiger partial charge in [0.05, 0.1) is 18.1 Å². The molecule has 5 rings (SSSR count). The van der Waals surface area contributed by atoms with Crippen molar-refractivity contribution in [3.8, 4) is 0 Å². The van der Waals surface area contributed by atoms with E-state index in [1.807, 2.05) is 50.7 Å². The van der Waals surface area contributed by atoms with E-state index in [4.69, 9.17) is 21.3 Å². The molecule has 3 aromatic rings. The van der Waals surface area contributed by atoms with Crippen LogP contribution in [0.25, 0.3) is 0 Å². The van der Waals surface area contributed by atoms with Gasteiger partial charge in [-0.25, -0.2) is 9.78 Å². The standard InChI is InChI=1S/C30H36BrClN6O3/c1-30(2,3)41-29(40)38-12-11-37(17-25(38)28(39)34-10-9-23-16-33-18-36(23)4)27-24-8-7-22(32)14-19(24)5-6-20-13-21(31)15-35-26(20)27/h7-8,13-16,18,25,27H,5-6,9-12,17H2,1-4H3,(H,34,39)/t25-,27?/m1/s1. The maximum Gasteiger partial charge on any atom is 0.411 e. The number of halogens is 2. The molecule has 218 valence electrons. The second kappa shape index (κ2) is 12.1. The molecule has 2 aromatic heterocycles. The summed E-state index contributed by atoms with van der Waals surface area (Å²) >= 11 is 10.00. The van der Waals surface area contributed by atoms with Gasteiger partial charge in [-0.2, -0.15) is 0 Å². The van der Waals surface area contributed by atoms with Crippen LogP contribution in [0.4, 0.5) is 4.79 Å². The third-order valence-corrected chi connectivity index (χ3v) is 8.26. The number of hydrogen-bond donors (Lipinski definition) is 1. The molecular weight excluding hydrogens is 608 g/mol. The summed E-state index contributed by atoms with van der Waals surface area (Å²) in [6, 6.07) is 7.23. The van der Waals surface area contributed by atoms with Crippen molar-refractivity contribution in [2.75, 3.05) is 26.2 Å². The van der Waals surface area contributed by atoms with Crippen molar-refractivity contribution in [1.29, 1.82) is 0 Å². The van der Waals surface area contributed by atoms with E-state index in [-0.39, 0.29) is 11.9 Å². The average Bonchev–Trinajstić information content (AvgIpc) is 3.25. The molecule has 3 heterocycles. The third-order valence-electron chi connectivity index (χ3n) is 7.59. The van der Waals surface area contributed by atoms with Crippen LogP contribution in [0.15, 0.2) is 47.5 Å². The van der Waals surface area contributed by atoms with Crippen molar-refractivity contribution >= 4 is 39.5 Å². The number of pyridine rings is 1. The zero-order chi connectivity index (χ0) is 29.3. The molecule has 1 aromatic carbocycles. The number of ether oxygens (including phenoxy) is 1. The van der Waals surface area contributed by atoms with Crippen LogP contribution in [0, 0.1) is 0 Å². The number of amides is 2. The number of rotatable bonds is 5. The van der Waals surface area contributed by atoms with Gasteiger partial charge in [0.25, 0.3) is 0 Å². The number of piperazine rings is 1. The first-order valence-electron chi connectivity index (χ1n) is 13.9. The first-order chi connectivity index (χ1) is 19.5. The molecule has 0 spiro atoms. The maximum absolute atomic E-state index is 13.7. The van der Waals surface area contributed by atoms with Crippen LogP contribution < -0.4 is 5.32 Å². The zero-order valence-corrected chi connectivity index (χ0v) is 26.2. The zero-order valence-electron chi connectivity index (χ0n) is 23.9. The van der Waals surface area contributed by atoms with E-state index in [1.54, 1.807) is 17.4 Å². The van der Waals surface area contributed by atoms with Crippen LogP contribution in [0.3, 0.4) is 0 Å². The largest absolute Gasteiger partial charge is 0.444 e. The summed E-state index contributed by atoms with van der Waals surface area (Å²) in [5.74, 6) is -0.211. The second-order valence-corrected chi connectivity index (χ2v) is 13.0. The van der Waals surface area contributed by atoms with Gasteiger partial charge in [0.15, 0.2) is 0 Å². The van der Waals surface area contributed by atoms with E-state index >= 15 is 0 Å². The Morgan fingerprint density at radius 1 is 1.15 bits per heavy atom. The van der Waals surface area contributed by atoms with Crippen LogP contribution >= 0.6 is 27.5 Å². The first kappa shape index (κ1) is 29.5. The van der Waals surface area contributed by atoms with E-state index in [2.05, 4.69) is 43.3 Å². The fraction of sp³-hybridized carbons (Fsp3) is 0.467. The Kier molecular flexibility index (Phi) is 8.73. The molecule has 2 aliphatic rings. The predicted molar refractivity (Wildman–Crippen MR) is 161 cm³/mol. The fourth-order valence-corrected chi connectivity index (χ4v) is 6.21. The summed E-state index contributed by atoms with van der Waals surface area (Å²) in [5, 5.41) is 3.76. The molecule has 0 saturated carbocycles. The lowest BCUT2D eigenvalue weighted by molar-refractivity contribution is -0.129. The number of carbonyl (C=O) groups excluding carboxylic acids is 2. The molecule has 1 fully saturated rings. The Hall–Kier alpha value is -2.95. The highest BCUT2D eigenvalue weighted by Crippen LogP contribution is 2.38. The van der Waals surface area contributed by atoms with Crippen molar-refractivity contribution in [2.24, 2.45) is 7.05 Å². The van der Waals surface area contributed by atoms with Crippen molar-refractivity contribution in [2.45, 2.75) is 57.7 Å². The Labute approximate surface area is 254 Å². The molecule has 2 atom stereocenters. The van der Waals surface area contributed by atoms with Gasteiger partial charge in [-0.05, 0) is 84.4 Å². The van der Waals surface area contributed by atoms with Crippen molar-refractivity contribution in [1.82, 2.24) is 29.7 Å². The number of carbonyl (C=O) groups is 2. The predicted octanol–water partition coefficient (Wildman–Crippen LogP) is 4.70. The Balaban J connectivity index is 1.45. The molecule has 0 bridgehead atoms. The number of nitrogens with zero attached hydrogens (tertiary/aromatic N) is 5. The van der Waals surface area contributed by atoms with Crippen LogP contribution in [-0.4, -0.2) is 74.2 Å². The lowest BCUT2D eigenvalue weighted by atomic mass is 9.95. The minimum Gasteiger partial charge on any atom is -0.444 e. The van der Waals surface area contributed by atoms with Gasteiger partial charge in [0.2, 0.25) is 5.91 Å². The topological polar surface area (TPSA) is 92.6 Å². The Morgan fingerprint density at radius 2 is 1.93 bits per heavy atom. The lowest BCUT2D eigenvalue weighted by Crippen LogP contribution is -2.61. The molecule has 11 heteroatoms. The molecule has 1 saturated heterocycles. The summed E-state index contributed by atoms with van der Waals surface area (Å²) < 4.78 is 8.58. The normalized spacial score (nSPS) is 19.2. The molecule has 1 N–H and O–H groups in total. The van der Waals surface area contributed by atoms with Crippen LogP contribution in [0.1, 0.15) is 54.9 Å². The van der Waals surface area contributed by atoms with E-state index in [0.29, 0.717) is 37.6 Å². The summed E-state index contributed by atoms with van der Waals surface area (Å²) in [6.45, 7) is 7.16. The number of aryl methyl sites for hydroxylation is 3. The second-order valence-electron chi connectivity index (χ2n) is 11.7. The molecule has 1 aliphatic carbocycles. The highest BCUT2D eigenvalue weighted by Gasteiger charge is 2.41. The highest BCUT2D eigenvalue weighted by molar-refractivity contribution is 9.10. The van der Waals surface area contributed by atoms with Gasteiger partial charge >= 0.3 is 6.09 Å². The maximum atomic E-state index is 13.7. The number of aromatic nitrogens is 3. The van der Waals surface area contributed by atoms with E-state index < -0.39 is 17.7 Å². The summed E-state index contributed by atoms with van der Waals surface area (Å²) in [5.41, 5.74) is 4.76. The van der Waals surface area contributed by atoms with Crippen LogP contribution in [-0.2, 0) is 35.8 Å². The molecule has 0 radical (unpaired) electrons. The van der Waals surface area contributed by atoms with Gasteiger partial charge in [-0.1, -0.05) is 17.7 Å². The number of benzene rings is 1. The van der Waals surface area contributed by atoms with Gasteiger partial charge in [-0.15, -0.1) is 0 Å². The number of hydrogen-bond acceptors (Lipinski definition) is 6. The van der Waals surface area contributed by atoms with Gasteiger partial charge in [0.1, 0.15) is 11.6 Å². The Morgan fingerprint density at radius 3 is 2.66 bits per heavy atom. The van der Waals surface area contributed by atoms with Crippen molar-refractivity contribution in [3.05, 3.63) is 80.6 Å². The van der Waals surface area contributed by atoms with E-state index in [0.717, 1.165) is 39.8 Å². The number of fused-ring (bicyclic) bond motifs is 2. The quantitative estimate of drug-likeness (QED) is 0.434. The van der Waals surface area contributed by atoms with Crippen molar-refractivity contribution in [3.63, 3.8) is 0 Å². The summed E-state index contributed by atoms with van der Waals surface area (Å²) in [6.07, 6.45) is 7.18. The monoisotopic (exact) mass is 642 g/mol. The molecule has 2 amide bonds. The summed E-state index contributed by atoms with van der Waals surface area (Å²) in [4.78, 5) is 39.9. The average molecular weight is 644 g/mol. The van der Waals surface area contributed by atoms with Gasteiger partial charge in [0, 0.05) is 67.2 Å². The number of nitrogens with one attached hydrogen (secondary N) is 1. The minimum absolute atomic E-state index is 0.182.